The minimum atomic E-state index is -0.845. The Labute approximate surface area is 115 Å². The summed E-state index contributed by atoms with van der Waals surface area (Å²) in [5, 5.41) is 21.5. The van der Waals surface area contributed by atoms with Crippen molar-refractivity contribution in [1.82, 2.24) is 15.5 Å². The fourth-order valence-electron chi connectivity index (χ4n) is 1.61. The number of hydrogen-bond acceptors (Lipinski definition) is 4. The first-order chi connectivity index (χ1) is 9.41. The van der Waals surface area contributed by atoms with Gasteiger partial charge in [-0.2, -0.15) is 5.10 Å². The Balaban J connectivity index is 2.05. The van der Waals surface area contributed by atoms with Crippen molar-refractivity contribution < 1.29 is 14.7 Å². The maximum Gasteiger partial charge on any atom is 0.313 e. The number of nitrogens with one attached hydrogen (secondary N) is 3. The van der Waals surface area contributed by atoms with Crippen molar-refractivity contribution in [2.45, 2.75) is 19.4 Å². The number of carbonyl (C=O) groups is 2. The minimum Gasteiger partial charge on any atom is -0.394 e. The van der Waals surface area contributed by atoms with Crippen molar-refractivity contribution in [1.29, 1.82) is 0 Å². The maximum atomic E-state index is 11.7. The quantitative estimate of drug-likeness (QED) is 0.608. The van der Waals surface area contributed by atoms with Gasteiger partial charge in [-0.05, 0) is 32.0 Å². The summed E-state index contributed by atoms with van der Waals surface area (Å²) >= 11 is 0. The second-order valence-electron chi connectivity index (χ2n) is 5.12. The molecule has 0 unspecified atom stereocenters. The van der Waals surface area contributed by atoms with Crippen LogP contribution in [0.15, 0.2) is 24.4 Å². The molecule has 20 heavy (non-hydrogen) atoms. The number of aromatic nitrogens is 2. The van der Waals surface area contributed by atoms with E-state index in [0.29, 0.717) is 5.69 Å². The Hall–Kier alpha value is -2.41. The summed E-state index contributed by atoms with van der Waals surface area (Å²) in [6.07, 6.45) is 1.66. The van der Waals surface area contributed by atoms with Crippen LogP contribution in [0.4, 0.5) is 5.69 Å². The van der Waals surface area contributed by atoms with Gasteiger partial charge < -0.3 is 15.7 Å². The zero-order valence-corrected chi connectivity index (χ0v) is 11.2. The van der Waals surface area contributed by atoms with Crippen LogP contribution in [0.3, 0.4) is 0 Å². The average Bonchev–Trinajstić information content (AvgIpc) is 2.85. The van der Waals surface area contributed by atoms with Crippen LogP contribution in [0.25, 0.3) is 10.9 Å². The monoisotopic (exact) mass is 276 g/mol. The molecular formula is C13H16N4O3. The summed E-state index contributed by atoms with van der Waals surface area (Å²) in [4.78, 5) is 23.4. The highest BCUT2D eigenvalue weighted by atomic mass is 16.3. The number of hydrogen-bond donors (Lipinski definition) is 4. The normalized spacial score (nSPS) is 11.3. The molecule has 0 fully saturated rings. The third-order valence-corrected chi connectivity index (χ3v) is 2.75. The molecule has 1 aromatic carbocycles. The molecule has 0 saturated heterocycles. The lowest BCUT2D eigenvalue weighted by atomic mass is 10.1. The van der Waals surface area contributed by atoms with Gasteiger partial charge in [-0.25, -0.2) is 0 Å². The second-order valence-corrected chi connectivity index (χ2v) is 5.12. The Kier molecular flexibility index (Phi) is 3.71. The van der Waals surface area contributed by atoms with Gasteiger partial charge in [-0.1, -0.05) is 0 Å². The van der Waals surface area contributed by atoms with E-state index in [0.717, 1.165) is 10.9 Å². The number of fused-ring (bicyclic) bond motifs is 1. The molecule has 0 spiro atoms. The highest BCUT2D eigenvalue weighted by Gasteiger charge is 2.23. The van der Waals surface area contributed by atoms with Gasteiger partial charge in [-0.3, -0.25) is 14.7 Å². The van der Waals surface area contributed by atoms with Crippen molar-refractivity contribution >= 4 is 28.4 Å². The van der Waals surface area contributed by atoms with E-state index in [1.807, 2.05) is 0 Å². The lowest BCUT2D eigenvalue weighted by Gasteiger charge is -2.22. The molecule has 0 aliphatic heterocycles. The highest BCUT2D eigenvalue weighted by Crippen LogP contribution is 2.16. The van der Waals surface area contributed by atoms with E-state index >= 15 is 0 Å². The lowest BCUT2D eigenvalue weighted by molar-refractivity contribution is -0.137. The van der Waals surface area contributed by atoms with Gasteiger partial charge in [0.25, 0.3) is 0 Å². The van der Waals surface area contributed by atoms with E-state index in [-0.39, 0.29) is 6.61 Å². The molecule has 2 rings (SSSR count). The summed E-state index contributed by atoms with van der Waals surface area (Å²) < 4.78 is 0. The minimum absolute atomic E-state index is 0.258. The molecule has 2 amide bonds. The Morgan fingerprint density at radius 2 is 2.10 bits per heavy atom. The van der Waals surface area contributed by atoms with Gasteiger partial charge in [0.05, 0.1) is 23.9 Å². The lowest BCUT2D eigenvalue weighted by Crippen LogP contribution is -2.50. The van der Waals surface area contributed by atoms with Gasteiger partial charge in [0, 0.05) is 11.1 Å². The molecule has 0 aliphatic carbocycles. The molecular weight excluding hydrogens is 260 g/mol. The molecule has 106 valence electrons. The molecule has 0 aliphatic rings. The van der Waals surface area contributed by atoms with E-state index < -0.39 is 17.4 Å². The van der Waals surface area contributed by atoms with Crippen LogP contribution in [0.1, 0.15) is 13.8 Å². The van der Waals surface area contributed by atoms with Crippen molar-refractivity contribution in [3.05, 3.63) is 24.4 Å². The predicted molar refractivity (Wildman–Crippen MR) is 74.0 cm³/mol. The Bertz CT molecular complexity index is 648. The fourth-order valence-corrected chi connectivity index (χ4v) is 1.61. The van der Waals surface area contributed by atoms with E-state index in [1.165, 1.54) is 0 Å². The van der Waals surface area contributed by atoms with Gasteiger partial charge in [0.1, 0.15) is 0 Å². The smallest absolute Gasteiger partial charge is 0.313 e. The van der Waals surface area contributed by atoms with Crippen LogP contribution < -0.4 is 10.6 Å². The number of aliphatic hydroxyl groups excluding tert-OH is 1. The van der Waals surface area contributed by atoms with Crippen LogP contribution in [-0.2, 0) is 9.59 Å². The molecule has 0 saturated carbocycles. The maximum absolute atomic E-state index is 11.7. The van der Waals surface area contributed by atoms with E-state index in [1.54, 1.807) is 38.2 Å². The summed E-state index contributed by atoms with van der Waals surface area (Å²) in [5.74, 6) is -1.58. The summed E-state index contributed by atoms with van der Waals surface area (Å²) in [7, 11) is 0. The van der Waals surface area contributed by atoms with Gasteiger partial charge >= 0.3 is 11.8 Å². The summed E-state index contributed by atoms with van der Waals surface area (Å²) in [6.45, 7) is 2.98. The van der Waals surface area contributed by atoms with Gasteiger partial charge in [0.2, 0.25) is 0 Å². The van der Waals surface area contributed by atoms with Gasteiger partial charge in [0.15, 0.2) is 0 Å². The first kappa shape index (κ1) is 14.0. The number of H-pyrrole nitrogens is 1. The number of carbonyl (C=O) groups excluding carboxylic acids is 2. The summed E-state index contributed by atoms with van der Waals surface area (Å²) in [6, 6.07) is 5.15. The van der Waals surface area contributed by atoms with Crippen molar-refractivity contribution in [3.63, 3.8) is 0 Å². The fraction of sp³-hybridized carbons (Fsp3) is 0.308. The van der Waals surface area contributed by atoms with Crippen LogP contribution in [0.5, 0.6) is 0 Å². The SMILES string of the molecule is CC(C)(CO)NC(=O)C(=O)Nc1ccc2cn[nH]c2c1. The zero-order chi connectivity index (χ0) is 14.8. The molecule has 1 heterocycles. The predicted octanol–water partition coefficient (Wildman–Crippen LogP) is 0.388. The second kappa shape index (κ2) is 5.30. The van der Waals surface area contributed by atoms with Crippen LogP contribution in [0, 0.1) is 0 Å². The van der Waals surface area contributed by atoms with E-state index in [2.05, 4.69) is 20.8 Å². The first-order valence-corrected chi connectivity index (χ1v) is 6.09. The molecule has 2 aromatic rings. The average molecular weight is 276 g/mol. The highest BCUT2D eigenvalue weighted by molar-refractivity contribution is 6.39. The zero-order valence-electron chi connectivity index (χ0n) is 11.2. The number of amides is 2. The van der Waals surface area contributed by atoms with E-state index in [9.17, 15) is 9.59 Å². The number of aromatic amines is 1. The first-order valence-electron chi connectivity index (χ1n) is 6.09. The van der Waals surface area contributed by atoms with Crippen LogP contribution in [0.2, 0.25) is 0 Å². The largest absolute Gasteiger partial charge is 0.394 e. The molecule has 0 bridgehead atoms. The van der Waals surface area contributed by atoms with Crippen molar-refractivity contribution in [2.24, 2.45) is 0 Å². The molecule has 4 N–H and O–H groups in total. The molecule has 1 aromatic heterocycles. The van der Waals surface area contributed by atoms with Crippen molar-refractivity contribution in [2.75, 3.05) is 11.9 Å². The molecule has 7 nitrogen and oxygen atoms in total. The summed E-state index contributed by atoms with van der Waals surface area (Å²) in [5.41, 5.74) is 0.407. The molecule has 0 radical (unpaired) electrons. The Morgan fingerprint density at radius 3 is 2.80 bits per heavy atom. The number of anilines is 1. The molecule has 0 atom stereocenters. The van der Waals surface area contributed by atoms with Crippen LogP contribution in [-0.4, -0.2) is 39.3 Å². The number of benzene rings is 1. The number of nitrogens with zero attached hydrogens (tertiary/aromatic N) is 1. The topological polar surface area (TPSA) is 107 Å². The third-order valence-electron chi connectivity index (χ3n) is 2.75. The van der Waals surface area contributed by atoms with E-state index in [4.69, 9.17) is 5.11 Å². The number of rotatable bonds is 3. The standard InChI is InChI=1S/C13H16N4O3/c1-13(2,7-18)16-12(20)11(19)15-9-4-3-8-6-14-17-10(8)5-9/h3-6,18H,7H2,1-2H3,(H,14,17)(H,15,19)(H,16,20). The third kappa shape index (κ3) is 3.12. The molecule has 7 heteroatoms. The Morgan fingerprint density at radius 1 is 1.35 bits per heavy atom. The van der Waals surface area contributed by atoms with Gasteiger partial charge in [-0.15, -0.1) is 0 Å². The van der Waals surface area contributed by atoms with Crippen LogP contribution >= 0.6 is 0 Å². The van der Waals surface area contributed by atoms with Crippen molar-refractivity contribution in [3.8, 4) is 0 Å². The number of aliphatic hydroxyl groups is 1.